The Balaban J connectivity index is 1.86. The molecule has 1 aliphatic rings. The van der Waals surface area contributed by atoms with Crippen molar-refractivity contribution in [1.29, 1.82) is 0 Å². The first-order valence-electron chi connectivity index (χ1n) is 6.65. The Morgan fingerprint density at radius 2 is 2.50 bits per heavy atom. The minimum Gasteiger partial charge on any atom is -0.338 e. The maximum atomic E-state index is 12.3. The fourth-order valence-electron chi connectivity index (χ4n) is 2.36. The van der Waals surface area contributed by atoms with E-state index in [0.717, 1.165) is 32.5 Å². The Hall–Kier alpha value is -1.43. The molecule has 2 rings (SSSR count). The lowest BCUT2D eigenvalue weighted by atomic mass is 10.2. The van der Waals surface area contributed by atoms with Gasteiger partial charge in [-0.1, -0.05) is 12.1 Å². The monoisotopic (exact) mass is 251 g/mol. The number of hydrogen-bond acceptors (Lipinski definition) is 4. The van der Waals surface area contributed by atoms with Crippen LogP contribution in [-0.4, -0.2) is 51.5 Å². The third-order valence-corrected chi connectivity index (χ3v) is 3.29. The SMILES string of the molecule is CCCN(C(=O)CCn1ccnn1)C1CCNC1. The Morgan fingerprint density at radius 3 is 3.11 bits per heavy atom. The van der Waals surface area contributed by atoms with Crippen LogP contribution in [0.2, 0.25) is 0 Å². The van der Waals surface area contributed by atoms with Crippen LogP contribution in [0.25, 0.3) is 0 Å². The summed E-state index contributed by atoms with van der Waals surface area (Å²) in [5, 5.41) is 10.9. The first-order chi connectivity index (χ1) is 8.81. The third kappa shape index (κ3) is 3.29. The van der Waals surface area contributed by atoms with Gasteiger partial charge < -0.3 is 10.2 Å². The van der Waals surface area contributed by atoms with Gasteiger partial charge in [0.15, 0.2) is 0 Å². The Kier molecular flexibility index (Phi) is 4.69. The summed E-state index contributed by atoms with van der Waals surface area (Å²) < 4.78 is 1.70. The molecule has 1 aromatic heterocycles. The van der Waals surface area contributed by atoms with Gasteiger partial charge in [0, 0.05) is 31.7 Å². The largest absolute Gasteiger partial charge is 0.338 e. The molecule has 2 heterocycles. The van der Waals surface area contributed by atoms with E-state index in [1.807, 2.05) is 4.90 Å². The highest BCUT2D eigenvalue weighted by molar-refractivity contribution is 5.76. The van der Waals surface area contributed by atoms with E-state index in [4.69, 9.17) is 0 Å². The maximum Gasteiger partial charge on any atom is 0.224 e. The second-order valence-electron chi connectivity index (χ2n) is 4.65. The molecule has 1 fully saturated rings. The number of amides is 1. The summed E-state index contributed by atoms with van der Waals surface area (Å²) in [6.07, 6.45) is 5.99. The molecule has 0 radical (unpaired) electrons. The van der Waals surface area contributed by atoms with Crippen LogP contribution in [0.1, 0.15) is 26.2 Å². The van der Waals surface area contributed by atoms with E-state index in [-0.39, 0.29) is 5.91 Å². The lowest BCUT2D eigenvalue weighted by Crippen LogP contribution is -2.42. The molecule has 1 aromatic rings. The molecule has 0 spiro atoms. The Morgan fingerprint density at radius 1 is 1.61 bits per heavy atom. The topological polar surface area (TPSA) is 63.1 Å². The van der Waals surface area contributed by atoms with Gasteiger partial charge in [-0.25, -0.2) is 0 Å². The smallest absolute Gasteiger partial charge is 0.224 e. The number of rotatable bonds is 6. The molecule has 0 aromatic carbocycles. The van der Waals surface area contributed by atoms with Gasteiger partial charge in [-0.05, 0) is 19.4 Å². The van der Waals surface area contributed by atoms with Crippen LogP contribution in [0.4, 0.5) is 0 Å². The van der Waals surface area contributed by atoms with E-state index < -0.39 is 0 Å². The number of aromatic nitrogens is 3. The number of nitrogens with one attached hydrogen (secondary N) is 1. The molecule has 100 valence electrons. The predicted molar refractivity (Wildman–Crippen MR) is 67.9 cm³/mol. The van der Waals surface area contributed by atoms with Crippen LogP contribution in [0, 0.1) is 0 Å². The van der Waals surface area contributed by atoms with Crippen molar-refractivity contribution in [3.8, 4) is 0 Å². The molecular weight excluding hydrogens is 230 g/mol. The second-order valence-corrected chi connectivity index (χ2v) is 4.65. The average Bonchev–Trinajstić information content (AvgIpc) is 3.05. The van der Waals surface area contributed by atoms with Crippen molar-refractivity contribution in [2.24, 2.45) is 0 Å². The summed E-state index contributed by atoms with van der Waals surface area (Å²) in [5.74, 6) is 0.223. The second kappa shape index (κ2) is 6.49. The zero-order valence-electron chi connectivity index (χ0n) is 10.9. The molecule has 1 aliphatic heterocycles. The fourth-order valence-corrected chi connectivity index (χ4v) is 2.36. The highest BCUT2D eigenvalue weighted by Crippen LogP contribution is 2.11. The van der Waals surface area contributed by atoms with Crippen molar-refractivity contribution in [3.05, 3.63) is 12.4 Å². The van der Waals surface area contributed by atoms with E-state index in [1.54, 1.807) is 17.1 Å². The highest BCUT2D eigenvalue weighted by atomic mass is 16.2. The molecule has 1 unspecified atom stereocenters. The molecule has 1 saturated heterocycles. The number of carbonyl (C=O) groups excluding carboxylic acids is 1. The highest BCUT2D eigenvalue weighted by Gasteiger charge is 2.25. The molecule has 1 atom stereocenters. The van der Waals surface area contributed by atoms with Gasteiger partial charge in [0.1, 0.15) is 0 Å². The first-order valence-corrected chi connectivity index (χ1v) is 6.65. The van der Waals surface area contributed by atoms with Crippen molar-refractivity contribution >= 4 is 5.91 Å². The normalized spacial score (nSPS) is 19.1. The summed E-state index contributed by atoms with van der Waals surface area (Å²) in [4.78, 5) is 14.3. The van der Waals surface area contributed by atoms with Gasteiger partial charge in [-0.2, -0.15) is 0 Å². The average molecular weight is 251 g/mol. The Bertz CT molecular complexity index is 359. The number of aryl methyl sites for hydroxylation is 1. The number of nitrogens with zero attached hydrogens (tertiary/aromatic N) is 4. The summed E-state index contributed by atoms with van der Waals surface area (Å²) >= 11 is 0. The fraction of sp³-hybridized carbons (Fsp3) is 0.750. The summed E-state index contributed by atoms with van der Waals surface area (Å²) in [6, 6.07) is 0.369. The van der Waals surface area contributed by atoms with E-state index in [2.05, 4.69) is 22.6 Å². The van der Waals surface area contributed by atoms with Gasteiger partial charge in [-0.15, -0.1) is 5.10 Å². The summed E-state index contributed by atoms with van der Waals surface area (Å²) in [5.41, 5.74) is 0. The van der Waals surface area contributed by atoms with Crippen LogP contribution in [0.5, 0.6) is 0 Å². The molecule has 18 heavy (non-hydrogen) atoms. The van der Waals surface area contributed by atoms with E-state index in [1.165, 1.54) is 0 Å². The van der Waals surface area contributed by atoms with Crippen molar-refractivity contribution in [2.75, 3.05) is 19.6 Å². The van der Waals surface area contributed by atoms with E-state index in [9.17, 15) is 4.79 Å². The van der Waals surface area contributed by atoms with Crippen molar-refractivity contribution < 1.29 is 4.79 Å². The van der Waals surface area contributed by atoms with Crippen LogP contribution in [0.15, 0.2) is 12.4 Å². The Labute approximate surface area is 107 Å². The molecule has 0 saturated carbocycles. The number of hydrogen-bond donors (Lipinski definition) is 1. The van der Waals surface area contributed by atoms with E-state index >= 15 is 0 Å². The van der Waals surface area contributed by atoms with Crippen molar-refractivity contribution in [3.63, 3.8) is 0 Å². The minimum atomic E-state index is 0.223. The zero-order chi connectivity index (χ0) is 12.8. The molecule has 0 bridgehead atoms. The third-order valence-electron chi connectivity index (χ3n) is 3.29. The standard InChI is InChI=1S/C12H21N5O/c1-2-7-17(11-3-5-13-10-11)12(18)4-8-16-9-6-14-15-16/h6,9,11,13H,2-5,7-8,10H2,1H3. The van der Waals surface area contributed by atoms with Gasteiger partial charge in [0.05, 0.1) is 12.7 Å². The van der Waals surface area contributed by atoms with Crippen LogP contribution >= 0.6 is 0 Å². The molecule has 0 aliphatic carbocycles. The maximum absolute atomic E-state index is 12.3. The van der Waals surface area contributed by atoms with E-state index in [0.29, 0.717) is 19.0 Å². The van der Waals surface area contributed by atoms with Crippen LogP contribution in [-0.2, 0) is 11.3 Å². The van der Waals surface area contributed by atoms with Gasteiger partial charge in [0.2, 0.25) is 5.91 Å². The lowest BCUT2D eigenvalue weighted by molar-refractivity contribution is -0.133. The van der Waals surface area contributed by atoms with Gasteiger partial charge >= 0.3 is 0 Å². The summed E-state index contributed by atoms with van der Waals surface area (Å²) in [6.45, 7) is 5.51. The van der Waals surface area contributed by atoms with Crippen LogP contribution < -0.4 is 5.32 Å². The molecule has 6 nitrogen and oxygen atoms in total. The van der Waals surface area contributed by atoms with Gasteiger partial charge in [0.25, 0.3) is 0 Å². The molecular formula is C12H21N5O. The van der Waals surface area contributed by atoms with Gasteiger partial charge in [-0.3, -0.25) is 9.48 Å². The minimum absolute atomic E-state index is 0.223. The number of carbonyl (C=O) groups is 1. The summed E-state index contributed by atoms with van der Waals surface area (Å²) in [7, 11) is 0. The predicted octanol–water partition coefficient (Wildman–Crippen LogP) is 0.269. The quantitative estimate of drug-likeness (QED) is 0.788. The molecule has 1 amide bonds. The van der Waals surface area contributed by atoms with Crippen LogP contribution in [0.3, 0.4) is 0 Å². The first kappa shape index (κ1) is 13.0. The van der Waals surface area contributed by atoms with Crippen molar-refractivity contribution in [1.82, 2.24) is 25.2 Å². The molecule has 6 heteroatoms. The van der Waals surface area contributed by atoms with Crippen molar-refractivity contribution in [2.45, 2.75) is 38.8 Å². The molecule has 1 N–H and O–H groups in total. The lowest BCUT2D eigenvalue weighted by Gasteiger charge is -2.28. The zero-order valence-corrected chi connectivity index (χ0v) is 10.9.